The lowest BCUT2D eigenvalue weighted by Gasteiger charge is -2.38. The molecule has 0 fully saturated rings. The molecule has 0 N–H and O–H groups in total. The van der Waals surface area contributed by atoms with Gasteiger partial charge in [-0.2, -0.15) is 0 Å². The first-order valence-electron chi connectivity index (χ1n) is 8.94. The van der Waals surface area contributed by atoms with Crippen LogP contribution in [0.1, 0.15) is 33.1 Å². The Morgan fingerprint density at radius 2 is 1.71 bits per heavy atom. The van der Waals surface area contributed by atoms with E-state index in [-0.39, 0.29) is 17.6 Å². The summed E-state index contributed by atoms with van der Waals surface area (Å²) < 4.78 is 0. The third-order valence-corrected chi connectivity index (χ3v) is 5.39. The molecule has 3 aromatic rings. The molecule has 0 saturated carbocycles. The summed E-state index contributed by atoms with van der Waals surface area (Å²) in [6.45, 7) is 0.508. The summed E-state index contributed by atoms with van der Waals surface area (Å²) in [5.74, 6) is -0.247. The van der Waals surface area contributed by atoms with Crippen molar-refractivity contribution in [1.29, 1.82) is 0 Å². The van der Waals surface area contributed by atoms with Crippen LogP contribution in [-0.4, -0.2) is 22.3 Å². The van der Waals surface area contributed by atoms with Gasteiger partial charge in [0.15, 0.2) is 0 Å². The number of nitrogens with zero attached hydrogens (tertiary/aromatic N) is 2. The van der Waals surface area contributed by atoms with Gasteiger partial charge in [0.2, 0.25) is 0 Å². The molecule has 1 aliphatic heterocycles. The van der Waals surface area contributed by atoms with Crippen molar-refractivity contribution in [2.75, 3.05) is 6.54 Å². The van der Waals surface area contributed by atoms with Crippen molar-refractivity contribution in [2.45, 2.75) is 12.5 Å². The number of non-ortho nitro benzene ring substituents is 1. The van der Waals surface area contributed by atoms with E-state index in [0.717, 1.165) is 17.5 Å². The first kappa shape index (κ1) is 18.2. The SMILES string of the molecule is O=C(c1cccc([N+](=O)[O-])c1)N1CCc2ccccc2C1c1ccccc1Cl. The van der Waals surface area contributed by atoms with Crippen molar-refractivity contribution in [3.63, 3.8) is 0 Å². The van der Waals surface area contributed by atoms with E-state index < -0.39 is 4.92 Å². The van der Waals surface area contributed by atoms with Gasteiger partial charge in [-0.25, -0.2) is 0 Å². The normalized spacial score (nSPS) is 15.8. The van der Waals surface area contributed by atoms with E-state index in [1.54, 1.807) is 11.0 Å². The zero-order valence-electron chi connectivity index (χ0n) is 14.9. The number of nitro benzene ring substituents is 1. The second kappa shape index (κ2) is 7.44. The zero-order chi connectivity index (χ0) is 19.7. The number of hydrogen-bond acceptors (Lipinski definition) is 3. The summed E-state index contributed by atoms with van der Waals surface area (Å²) in [6, 6.07) is 21.0. The average molecular weight is 393 g/mol. The van der Waals surface area contributed by atoms with E-state index >= 15 is 0 Å². The smallest absolute Gasteiger partial charge is 0.270 e. The van der Waals surface area contributed by atoms with Gasteiger partial charge in [0, 0.05) is 29.3 Å². The van der Waals surface area contributed by atoms with E-state index in [2.05, 4.69) is 6.07 Å². The number of hydrogen-bond donors (Lipinski definition) is 0. The van der Waals surface area contributed by atoms with Gasteiger partial charge in [0.1, 0.15) is 0 Å². The van der Waals surface area contributed by atoms with Crippen LogP contribution in [-0.2, 0) is 6.42 Å². The Morgan fingerprint density at radius 3 is 2.46 bits per heavy atom. The maximum absolute atomic E-state index is 13.3. The topological polar surface area (TPSA) is 63.4 Å². The molecular weight excluding hydrogens is 376 g/mol. The number of benzene rings is 3. The highest BCUT2D eigenvalue weighted by molar-refractivity contribution is 6.31. The maximum Gasteiger partial charge on any atom is 0.270 e. The molecule has 1 unspecified atom stereocenters. The van der Waals surface area contributed by atoms with Crippen molar-refractivity contribution < 1.29 is 9.72 Å². The summed E-state index contributed by atoms with van der Waals surface area (Å²) in [5.41, 5.74) is 3.24. The molecule has 4 rings (SSSR count). The van der Waals surface area contributed by atoms with Crippen molar-refractivity contribution in [1.82, 2.24) is 4.90 Å². The highest BCUT2D eigenvalue weighted by Gasteiger charge is 2.33. The number of carbonyl (C=O) groups excluding carboxylic acids is 1. The Labute approximate surface area is 167 Å². The van der Waals surface area contributed by atoms with Crippen molar-refractivity contribution >= 4 is 23.2 Å². The van der Waals surface area contributed by atoms with Crippen LogP contribution in [0.2, 0.25) is 5.02 Å². The van der Waals surface area contributed by atoms with Crippen LogP contribution in [0.4, 0.5) is 5.69 Å². The van der Waals surface area contributed by atoms with Gasteiger partial charge >= 0.3 is 0 Å². The van der Waals surface area contributed by atoms with E-state index in [1.807, 2.05) is 42.5 Å². The minimum atomic E-state index is -0.492. The fourth-order valence-electron chi connectivity index (χ4n) is 3.74. The predicted octanol–water partition coefficient (Wildman–Crippen LogP) is 5.04. The molecule has 140 valence electrons. The molecule has 6 heteroatoms. The van der Waals surface area contributed by atoms with Crippen LogP contribution in [0.25, 0.3) is 0 Å². The molecular formula is C22H17ClN2O3. The maximum atomic E-state index is 13.3. The van der Waals surface area contributed by atoms with E-state index in [1.165, 1.54) is 23.8 Å². The van der Waals surface area contributed by atoms with Crippen LogP contribution < -0.4 is 0 Å². The monoisotopic (exact) mass is 392 g/mol. The third kappa shape index (κ3) is 3.25. The standard InChI is InChI=1S/C22H17ClN2O3/c23-20-11-4-3-10-19(20)21-18-9-2-1-6-15(18)12-13-24(21)22(26)16-7-5-8-17(14-16)25(27)28/h1-11,14,21H,12-13H2. The van der Waals surface area contributed by atoms with Crippen molar-refractivity contribution in [2.24, 2.45) is 0 Å². The van der Waals surface area contributed by atoms with Gasteiger partial charge < -0.3 is 4.90 Å². The van der Waals surface area contributed by atoms with E-state index in [9.17, 15) is 14.9 Å². The predicted molar refractivity (Wildman–Crippen MR) is 108 cm³/mol. The minimum absolute atomic E-state index is 0.0995. The molecule has 1 atom stereocenters. The number of nitro groups is 1. The van der Waals surface area contributed by atoms with Crippen LogP contribution in [0, 0.1) is 10.1 Å². The molecule has 1 aliphatic rings. The van der Waals surface area contributed by atoms with Crippen LogP contribution in [0.3, 0.4) is 0 Å². The third-order valence-electron chi connectivity index (χ3n) is 5.05. The number of amides is 1. The first-order chi connectivity index (χ1) is 13.6. The Balaban J connectivity index is 1.81. The molecule has 3 aromatic carbocycles. The Bertz CT molecular complexity index is 1070. The number of halogens is 1. The van der Waals surface area contributed by atoms with Gasteiger partial charge in [-0.1, -0.05) is 60.1 Å². The number of carbonyl (C=O) groups is 1. The average Bonchev–Trinajstić information content (AvgIpc) is 2.73. The Morgan fingerprint density at radius 1 is 1.00 bits per heavy atom. The molecule has 0 radical (unpaired) electrons. The summed E-state index contributed by atoms with van der Waals surface area (Å²) in [4.78, 5) is 25.7. The fraction of sp³-hybridized carbons (Fsp3) is 0.136. The van der Waals surface area contributed by atoms with Gasteiger partial charge in [-0.15, -0.1) is 0 Å². The van der Waals surface area contributed by atoms with Crippen LogP contribution in [0.15, 0.2) is 72.8 Å². The highest BCUT2D eigenvalue weighted by atomic mass is 35.5. The molecule has 1 heterocycles. The quantitative estimate of drug-likeness (QED) is 0.463. The molecule has 28 heavy (non-hydrogen) atoms. The van der Waals surface area contributed by atoms with Gasteiger partial charge in [-0.3, -0.25) is 14.9 Å². The molecule has 0 aliphatic carbocycles. The molecule has 5 nitrogen and oxygen atoms in total. The lowest BCUT2D eigenvalue weighted by atomic mass is 9.87. The van der Waals surface area contributed by atoms with Crippen molar-refractivity contribution in [3.8, 4) is 0 Å². The van der Waals surface area contributed by atoms with Gasteiger partial charge in [0.05, 0.1) is 11.0 Å². The second-order valence-electron chi connectivity index (χ2n) is 6.68. The summed E-state index contributed by atoms with van der Waals surface area (Å²) in [7, 11) is 0. The molecule has 0 saturated heterocycles. The van der Waals surface area contributed by atoms with Gasteiger partial charge in [-0.05, 0) is 35.2 Å². The molecule has 1 amide bonds. The Kier molecular flexibility index (Phi) is 4.84. The summed E-state index contributed by atoms with van der Waals surface area (Å²) in [6.07, 6.45) is 0.720. The van der Waals surface area contributed by atoms with E-state index in [0.29, 0.717) is 17.1 Å². The molecule has 0 bridgehead atoms. The zero-order valence-corrected chi connectivity index (χ0v) is 15.7. The fourth-order valence-corrected chi connectivity index (χ4v) is 3.97. The number of fused-ring (bicyclic) bond motifs is 1. The molecule has 0 spiro atoms. The minimum Gasteiger partial charge on any atom is -0.327 e. The van der Waals surface area contributed by atoms with Crippen LogP contribution in [0.5, 0.6) is 0 Å². The summed E-state index contributed by atoms with van der Waals surface area (Å²) in [5, 5.41) is 11.7. The van der Waals surface area contributed by atoms with Crippen molar-refractivity contribution in [3.05, 3.63) is 110 Å². The largest absolute Gasteiger partial charge is 0.327 e. The Hall–Kier alpha value is -3.18. The summed E-state index contributed by atoms with van der Waals surface area (Å²) >= 11 is 6.48. The lowest BCUT2D eigenvalue weighted by molar-refractivity contribution is -0.384. The molecule has 0 aromatic heterocycles. The van der Waals surface area contributed by atoms with Gasteiger partial charge in [0.25, 0.3) is 11.6 Å². The van der Waals surface area contributed by atoms with E-state index in [4.69, 9.17) is 11.6 Å². The lowest BCUT2D eigenvalue weighted by Crippen LogP contribution is -2.40. The first-order valence-corrected chi connectivity index (χ1v) is 9.31. The number of rotatable bonds is 3. The second-order valence-corrected chi connectivity index (χ2v) is 7.09. The van der Waals surface area contributed by atoms with Crippen LogP contribution >= 0.6 is 11.6 Å². The highest BCUT2D eigenvalue weighted by Crippen LogP contribution is 2.39.